The van der Waals surface area contributed by atoms with E-state index in [0.29, 0.717) is 0 Å². The number of nitrogens with zero attached hydrogens (tertiary/aromatic N) is 1. The molecule has 1 aromatic rings. The minimum absolute atomic E-state index is 0.0532. The number of halogens is 1. The molecule has 0 radical (unpaired) electrons. The van der Waals surface area contributed by atoms with E-state index < -0.39 is 5.78 Å². The number of carbonyl (C=O) groups is 1. The summed E-state index contributed by atoms with van der Waals surface area (Å²) in [6.07, 6.45) is 0. The van der Waals surface area contributed by atoms with Gasteiger partial charge in [-0.05, 0) is 6.07 Å². The SMILES string of the molecule is N#Cc1cc(O)c(N)cc1C(=O)CCl. The number of alkyl halides is 1. The third kappa shape index (κ3) is 1.78. The van der Waals surface area contributed by atoms with Gasteiger partial charge in [0.1, 0.15) is 11.8 Å². The maximum atomic E-state index is 11.2. The predicted octanol–water partition coefficient (Wildman–Crippen LogP) is 1.27. The second-order valence-electron chi connectivity index (χ2n) is 2.63. The Bertz CT molecular complexity index is 424. The maximum absolute atomic E-state index is 11.2. The molecule has 0 heterocycles. The molecule has 1 rings (SSSR count). The number of nitrogens with two attached hydrogens (primary N) is 1. The van der Waals surface area contributed by atoms with E-state index in [2.05, 4.69) is 0 Å². The van der Waals surface area contributed by atoms with E-state index in [0.717, 1.165) is 6.07 Å². The van der Waals surface area contributed by atoms with Crippen LogP contribution in [-0.4, -0.2) is 16.8 Å². The summed E-state index contributed by atoms with van der Waals surface area (Å²) in [5.41, 5.74) is 5.64. The van der Waals surface area contributed by atoms with Gasteiger partial charge in [-0.3, -0.25) is 4.79 Å². The van der Waals surface area contributed by atoms with Gasteiger partial charge in [0.15, 0.2) is 5.78 Å². The van der Waals surface area contributed by atoms with Crippen molar-refractivity contribution in [2.75, 3.05) is 11.6 Å². The monoisotopic (exact) mass is 210 g/mol. The number of aromatic hydroxyl groups is 1. The number of nitriles is 1. The lowest BCUT2D eigenvalue weighted by molar-refractivity contribution is 0.102. The molecule has 3 N–H and O–H groups in total. The number of carbonyl (C=O) groups excluding carboxylic acids is 1. The lowest BCUT2D eigenvalue weighted by atomic mass is 10.0. The van der Waals surface area contributed by atoms with E-state index in [-0.39, 0.29) is 28.4 Å². The summed E-state index contributed by atoms with van der Waals surface area (Å²) in [5.74, 6) is -0.832. The molecule has 1 aromatic carbocycles. The third-order valence-corrected chi connectivity index (χ3v) is 1.95. The van der Waals surface area contributed by atoms with Crippen molar-refractivity contribution >= 4 is 23.1 Å². The van der Waals surface area contributed by atoms with Crippen LogP contribution in [-0.2, 0) is 0 Å². The fraction of sp³-hybridized carbons (Fsp3) is 0.111. The molecule has 0 aliphatic carbocycles. The van der Waals surface area contributed by atoms with Crippen LogP contribution >= 0.6 is 11.6 Å². The molecule has 0 fully saturated rings. The van der Waals surface area contributed by atoms with E-state index in [1.807, 2.05) is 0 Å². The minimum atomic E-state index is -0.394. The summed E-state index contributed by atoms with van der Waals surface area (Å²) in [7, 11) is 0. The van der Waals surface area contributed by atoms with Crippen molar-refractivity contribution in [2.45, 2.75) is 0 Å². The highest BCUT2D eigenvalue weighted by Gasteiger charge is 2.13. The second kappa shape index (κ2) is 3.99. The molecule has 0 atom stereocenters. The molecule has 0 amide bonds. The van der Waals surface area contributed by atoms with E-state index in [9.17, 15) is 9.90 Å². The van der Waals surface area contributed by atoms with Crippen molar-refractivity contribution in [1.82, 2.24) is 0 Å². The molecule has 14 heavy (non-hydrogen) atoms. The number of hydrogen-bond donors (Lipinski definition) is 2. The summed E-state index contributed by atoms with van der Waals surface area (Å²) in [6, 6.07) is 4.18. The minimum Gasteiger partial charge on any atom is -0.506 e. The fourth-order valence-electron chi connectivity index (χ4n) is 1.00. The molecule has 0 bridgehead atoms. The molecule has 0 spiro atoms. The largest absolute Gasteiger partial charge is 0.506 e. The highest BCUT2D eigenvalue weighted by molar-refractivity contribution is 6.30. The van der Waals surface area contributed by atoms with Crippen molar-refractivity contribution in [2.24, 2.45) is 0 Å². The van der Waals surface area contributed by atoms with Crippen LogP contribution in [0.2, 0.25) is 0 Å². The van der Waals surface area contributed by atoms with Crippen LogP contribution < -0.4 is 5.73 Å². The summed E-state index contributed by atoms with van der Waals surface area (Å²) >= 11 is 5.35. The Morgan fingerprint density at radius 2 is 2.29 bits per heavy atom. The van der Waals surface area contributed by atoms with E-state index in [4.69, 9.17) is 22.6 Å². The summed E-state index contributed by atoms with van der Waals surface area (Å²) in [4.78, 5) is 11.2. The van der Waals surface area contributed by atoms with Gasteiger partial charge in [0, 0.05) is 11.6 Å². The number of rotatable bonds is 2. The van der Waals surface area contributed by atoms with Crippen molar-refractivity contribution in [3.05, 3.63) is 23.3 Å². The number of phenolic OH excluding ortho intramolecular Hbond substituents is 1. The normalized spacial score (nSPS) is 9.43. The second-order valence-corrected chi connectivity index (χ2v) is 2.89. The highest BCUT2D eigenvalue weighted by atomic mass is 35.5. The van der Waals surface area contributed by atoms with Crippen LogP contribution in [0.5, 0.6) is 5.75 Å². The highest BCUT2D eigenvalue weighted by Crippen LogP contribution is 2.24. The molecule has 0 aliphatic rings. The van der Waals surface area contributed by atoms with Gasteiger partial charge in [0.05, 0.1) is 17.1 Å². The van der Waals surface area contributed by atoms with Gasteiger partial charge in [0.25, 0.3) is 0 Å². The molecular formula is C9H7ClN2O2. The van der Waals surface area contributed by atoms with Gasteiger partial charge >= 0.3 is 0 Å². The Balaban J connectivity index is 3.36. The van der Waals surface area contributed by atoms with E-state index in [1.54, 1.807) is 6.07 Å². The number of benzene rings is 1. The topological polar surface area (TPSA) is 87.1 Å². The predicted molar refractivity (Wildman–Crippen MR) is 52.3 cm³/mol. The van der Waals surface area contributed by atoms with Crippen LogP contribution in [0.15, 0.2) is 12.1 Å². The lowest BCUT2D eigenvalue weighted by Crippen LogP contribution is -2.04. The van der Waals surface area contributed by atoms with Crippen molar-refractivity contribution in [3.8, 4) is 11.8 Å². The first-order chi connectivity index (χ1) is 6.60. The van der Waals surface area contributed by atoms with E-state index in [1.165, 1.54) is 6.07 Å². The molecule has 0 aromatic heterocycles. The number of nitrogen functional groups attached to an aromatic ring is 1. The molecule has 5 heteroatoms. The van der Waals surface area contributed by atoms with Crippen LogP contribution in [0.1, 0.15) is 15.9 Å². The van der Waals surface area contributed by atoms with Gasteiger partial charge in [-0.2, -0.15) is 5.26 Å². The van der Waals surface area contributed by atoms with Gasteiger partial charge in [-0.1, -0.05) is 0 Å². The third-order valence-electron chi connectivity index (χ3n) is 1.71. The van der Waals surface area contributed by atoms with Gasteiger partial charge < -0.3 is 10.8 Å². The smallest absolute Gasteiger partial charge is 0.178 e. The maximum Gasteiger partial charge on any atom is 0.178 e. The first-order valence-corrected chi connectivity index (χ1v) is 4.25. The standard InChI is InChI=1S/C9H7ClN2O2/c10-3-9(14)6-2-7(12)8(13)1-5(6)4-11/h1-2,13H,3,12H2. The molecular weight excluding hydrogens is 204 g/mol. The summed E-state index contributed by atoms with van der Waals surface area (Å²) in [6.45, 7) is 0. The Morgan fingerprint density at radius 1 is 1.64 bits per heavy atom. The fourth-order valence-corrected chi connectivity index (χ4v) is 1.14. The molecule has 0 aliphatic heterocycles. The number of ketones is 1. The van der Waals surface area contributed by atoms with Crippen molar-refractivity contribution in [3.63, 3.8) is 0 Å². The van der Waals surface area contributed by atoms with Crippen LogP contribution in [0.3, 0.4) is 0 Å². The quantitative estimate of drug-likeness (QED) is 0.333. The lowest BCUT2D eigenvalue weighted by Gasteiger charge is -2.04. The number of phenols is 1. The molecule has 0 unspecified atom stereocenters. The first kappa shape index (κ1) is 10.4. The van der Waals surface area contributed by atoms with Crippen LogP contribution in [0.25, 0.3) is 0 Å². The van der Waals surface area contributed by atoms with Gasteiger partial charge in [-0.25, -0.2) is 0 Å². The number of anilines is 1. The van der Waals surface area contributed by atoms with Crippen LogP contribution in [0, 0.1) is 11.3 Å². The average molecular weight is 211 g/mol. The Labute approximate surface area is 85.5 Å². The Hall–Kier alpha value is -1.73. The van der Waals surface area contributed by atoms with Crippen molar-refractivity contribution < 1.29 is 9.90 Å². The summed E-state index contributed by atoms with van der Waals surface area (Å²) < 4.78 is 0. The Morgan fingerprint density at radius 3 is 2.79 bits per heavy atom. The molecule has 72 valence electrons. The molecule has 0 saturated heterocycles. The molecule has 0 saturated carbocycles. The zero-order valence-corrected chi connectivity index (χ0v) is 7.88. The van der Waals surface area contributed by atoms with Gasteiger partial charge in [0.2, 0.25) is 0 Å². The van der Waals surface area contributed by atoms with Gasteiger partial charge in [-0.15, -0.1) is 11.6 Å². The molecule has 4 nitrogen and oxygen atoms in total. The average Bonchev–Trinajstić information content (AvgIpc) is 2.20. The van der Waals surface area contributed by atoms with Crippen LogP contribution in [0.4, 0.5) is 5.69 Å². The number of Topliss-reactive ketones (excluding diaryl/α,β-unsaturated/α-hetero) is 1. The Kier molecular flexibility index (Phi) is 2.95. The first-order valence-electron chi connectivity index (χ1n) is 3.72. The zero-order valence-electron chi connectivity index (χ0n) is 7.12. The number of hydrogen-bond acceptors (Lipinski definition) is 4. The zero-order chi connectivity index (χ0) is 10.7. The van der Waals surface area contributed by atoms with E-state index >= 15 is 0 Å². The summed E-state index contributed by atoms with van der Waals surface area (Å²) in [5, 5.41) is 17.9. The van der Waals surface area contributed by atoms with Crippen molar-refractivity contribution in [1.29, 1.82) is 5.26 Å².